The number of hydrogen-bond acceptors (Lipinski definition) is 2. The molecule has 1 aliphatic rings. The number of thioether (sulfide) groups is 1. The normalized spacial score (nSPS) is 24.2. The van der Waals surface area contributed by atoms with Gasteiger partial charge in [-0.3, -0.25) is 0 Å². The lowest BCUT2D eigenvalue weighted by Gasteiger charge is -2.13. The highest BCUT2D eigenvalue weighted by molar-refractivity contribution is 8.00. The molecule has 0 spiro atoms. The third-order valence-corrected chi connectivity index (χ3v) is 4.65. The Hall–Kier alpha value is -0.540. The SMILES string of the molecule is Cc1cc(CNC2CSC(C)C2)cc(C)c1F. The Kier molecular flexibility index (Phi) is 4.10. The third kappa shape index (κ3) is 3.23. The number of hydrogen-bond donors (Lipinski definition) is 1. The molecule has 0 aromatic heterocycles. The second kappa shape index (κ2) is 5.40. The molecule has 2 unspecified atom stereocenters. The first-order valence-corrected chi connectivity index (χ1v) is 7.21. The highest BCUT2D eigenvalue weighted by atomic mass is 32.2. The summed E-state index contributed by atoms with van der Waals surface area (Å²) >= 11 is 2.03. The van der Waals surface area contributed by atoms with E-state index in [4.69, 9.17) is 0 Å². The predicted molar refractivity (Wildman–Crippen MR) is 73.0 cm³/mol. The van der Waals surface area contributed by atoms with E-state index in [1.807, 2.05) is 37.7 Å². The zero-order valence-electron chi connectivity index (χ0n) is 10.7. The Balaban J connectivity index is 1.95. The van der Waals surface area contributed by atoms with Crippen molar-refractivity contribution >= 4 is 11.8 Å². The van der Waals surface area contributed by atoms with E-state index in [2.05, 4.69) is 12.2 Å². The lowest BCUT2D eigenvalue weighted by Crippen LogP contribution is -2.28. The van der Waals surface area contributed by atoms with E-state index in [0.29, 0.717) is 6.04 Å². The molecule has 94 valence electrons. The van der Waals surface area contributed by atoms with Crippen molar-refractivity contribution in [2.75, 3.05) is 5.75 Å². The number of nitrogens with one attached hydrogen (secondary N) is 1. The second-order valence-electron chi connectivity index (χ2n) is 5.00. The van der Waals surface area contributed by atoms with Crippen LogP contribution >= 0.6 is 11.8 Å². The monoisotopic (exact) mass is 253 g/mol. The van der Waals surface area contributed by atoms with Crippen molar-refractivity contribution in [3.63, 3.8) is 0 Å². The van der Waals surface area contributed by atoms with Gasteiger partial charge in [-0.25, -0.2) is 4.39 Å². The van der Waals surface area contributed by atoms with E-state index < -0.39 is 0 Å². The summed E-state index contributed by atoms with van der Waals surface area (Å²) in [6.45, 7) is 6.79. The maximum Gasteiger partial charge on any atom is 0.129 e. The maximum absolute atomic E-state index is 13.5. The summed E-state index contributed by atoms with van der Waals surface area (Å²) in [6, 6.07) is 4.50. The second-order valence-corrected chi connectivity index (χ2v) is 6.47. The first kappa shape index (κ1) is 12.9. The highest BCUT2D eigenvalue weighted by Gasteiger charge is 2.21. The molecule has 0 radical (unpaired) electrons. The van der Waals surface area contributed by atoms with Gasteiger partial charge in [0.25, 0.3) is 0 Å². The molecule has 0 bridgehead atoms. The molecule has 1 fully saturated rings. The topological polar surface area (TPSA) is 12.0 Å². The van der Waals surface area contributed by atoms with E-state index in [9.17, 15) is 4.39 Å². The molecule has 0 aliphatic carbocycles. The van der Waals surface area contributed by atoms with Gasteiger partial charge in [0.1, 0.15) is 5.82 Å². The molecule has 0 amide bonds. The number of halogens is 1. The molecule has 2 rings (SSSR count). The Labute approximate surface area is 107 Å². The predicted octanol–water partition coefficient (Wildman–Crippen LogP) is 3.43. The van der Waals surface area contributed by atoms with Crippen LogP contribution in [-0.4, -0.2) is 17.0 Å². The van der Waals surface area contributed by atoms with E-state index in [1.165, 1.54) is 17.7 Å². The molecule has 1 saturated heterocycles. The van der Waals surface area contributed by atoms with Gasteiger partial charge >= 0.3 is 0 Å². The molecular weight excluding hydrogens is 233 g/mol. The molecule has 1 aromatic rings. The van der Waals surface area contributed by atoms with Crippen LogP contribution in [-0.2, 0) is 6.54 Å². The van der Waals surface area contributed by atoms with Gasteiger partial charge in [-0.1, -0.05) is 19.1 Å². The zero-order chi connectivity index (χ0) is 12.4. The van der Waals surface area contributed by atoms with Gasteiger partial charge in [0, 0.05) is 23.6 Å². The van der Waals surface area contributed by atoms with Crippen molar-refractivity contribution in [1.29, 1.82) is 0 Å². The van der Waals surface area contributed by atoms with Crippen LogP contribution in [0.2, 0.25) is 0 Å². The van der Waals surface area contributed by atoms with Crippen LogP contribution < -0.4 is 5.32 Å². The first-order chi connectivity index (χ1) is 8.06. The van der Waals surface area contributed by atoms with Gasteiger partial charge in [0.05, 0.1) is 0 Å². The van der Waals surface area contributed by atoms with Crippen LogP contribution in [0.15, 0.2) is 12.1 Å². The minimum absolute atomic E-state index is 0.0706. The van der Waals surface area contributed by atoms with Gasteiger partial charge in [0.2, 0.25) is 0 Å². The molecule has 1 N–H and O–H groups in total. The molecule has 1 heterocycles. The Morgan fingerprint density at radius 2 is 2.00 bits per heavy atom. The molecule has 1 aliphatic heterocycles. The highest BCUT2D eigenvalue weighted by Crippen LogP contribution is 2.26. The molecular formula is C14H20FNS. The van der Waals surface area contributed by atoms with E-state index >= 15 is 0 Å². The van der Waals surface area contributed by atoms with Crippen molar-refractivity contribution in [3.8, 4) is 0 Å². The van der Waals surface area contributed by atoms with Crippen molar-refractivity contribution in [1.82, 2.24) is 5.32 Å². The molecule has 0 saturated carbocycles. The molecule has 1 nitrogen and oxygen atoms in total. The Bertz CT molecular complexity index is 382. The quantitative estimate of drug-likeness (QED) is 0.886. The van der Waals surface area contributed by atoms with Crippen molar-refractivity contribution in [2.45, 2.75) is 45.0 Å². The van der Waals surface area contributed by atoms with Gasteiger partial charge in [-0.05, 0) is 37.0 Å². The largest absolute Gasteiger partial charge is 0.309 e. The number of aryl methyl sites for hydroxylation is 2. The minimum atomic E-state index is -0.0706. The summed E-state index contributed by atoms with van der Waals surface area (Å²) < 4.78 is 13.5. The van der Waals surface area contributed by atoms with Crippen LogP contribution in [0.25, 0.3) is 0 Å². The maximum atomic E-state index is 13.5. The van der Waals surface area contributed by atoms with Crippen molar-refractivity contribution in [3.05, 3.63) is 34.6 Å². The van der Waals surface area contributed by atoms with E-state index in [0.717, 1.165) is 22.9 Å². The Morgan fingerprint density at radius 3 is 2.53 bits per heavy atom. The van der Waals surface area contributed by atoms with E-state index in [1.54, 1.807) is 0 Å². The summed E-state index contributed by atoms with van der Waals surface area (Å²) in [4.78, 5) is 0. The fourth-order valence-electron chi connectivity index (χ4n) is 2.36. The lowest BCUT2D eigenvalue weighted by molar-refractivity contribution is 0.537. The Morgan fingerprint density at radius 1 is 1.35 bits per heavy atom. The number of rotatable bonds is 3. The third-order valence-electron chi connectivity index (χ3n) is 3.29. The van der Waals surface area contributed by atoms with Crippen molar-refractivity contribution in [2.24, 2.45) is 0 Å². The summed E-state index contributed by atoms with van der Waals surface area (Å²) in [5.74, 6) is 1.12. The van der Waals surface area contributed by atoms with E-state index in [-0.39, 0.29) is 5.82 Å². The average Bonchev–Trinajstić information content (AvgIpc) is 2.69. The summed E-state index contributed by atoms with van der Waals surface area (Å²) in [5.41, 5.74) is 2.68. The zero-order valence-corrected chi connectivity index (χ0v) is 11.5. The minimum Gasteiger partial charge on any atom is -0.309 e. The van der Waals surface area contributed by atoms with Crippen LogP contribution in [0.4, 0.5) is 4.39 Å². The smallest absolute Gasteiger partial charge is 0.129 e. The molecule has 3 heteroatoms. The van der Waals surface area contributed by atoms with Crippen LogP contribution in [0.1, 0.15) is 30.0 Å². The van der Waals surface area contributed by atoms with Crippen LogP contribution in [0.3, 0.4) is 0 Å². The van der Waals surface area contributed by atoms with Crippen LogP contribution in [0, 0.1) is 19.7 Å². The van der Waals surface area contributed by atoms with Gasteiger partial charge in [-0.2, -0.15) is 11.8 Å². The molecule has 2 atom stereocenters. The summed E-state index contributed by atoms with van der Waals surface area (Å²) in [7, 11) is 0. The van der Waals surface area contributed by atoms with Gasteiger partial charge in [-0.15, -0.1) is 0 Å². The molecule has 17 heavy (non-hydrogen) atoms. The van der Waals surface area contributed by atoms with Gasteiger partial charge < -0.3 is 5.32 Å². The first-order valence-electron chi connectivity index (χ1n) is 6.17. The summed E-state index contributed by atoms with van der Waals surface area (Å²) in [5, 5.41) is 4.33. The van der Waals surface area contributed by atoms with Crippen molar-refractivity contribution < 1.29 is 4.39 Å². The average molecular weight is 253 g/mol. The number of benzene rings is 1. The lowest BCUT2D eigenvalue weighted by atomic mass is 10.1. The van der Waals surface area contributed by atoms with Gasteiger partial charge in [0.15, 0.2) is 0 Å². The fraction of sp³-hybridized carbons (Fsp3) is 0.571. The fourth-order valence-corrected chi connectivity index (χ4v) is 3.54. The summed E-state index contributed by atoms with van der Waals surface area (Å²) in [6.07, 6.45) is 1.24. The van der Waals surface area contributed by atoms with Crippen LogP contribution in [0.5, 0.6) is 0 Å². The standard InChI is InChI=1S/C14H20FNS/c1-9-4-12(5-10(2)14(9)15)7-16-13-6-11(3)17-8-13/h4-5,11,13,16H,6-8H2,1-3H3. The molecule has 1 aromatic carbocycles.